The van der Waals surface area contributed by atoms with Gasteiger partial charge in [0.1, 0.15) is 90.0 Å². The maximum Gasteiger partial charge on any atom is 0.326 e. The fourth-order valence-corrected chi connectivity index (χ4v) is 16.2. The number of hydrogen-bond donors (Lipinski definition) is 33. The van der Waals surface area contributed by atoms with Crippen molar-refractivity contribution in [1.29, 1.82) is 21.6 Å². The van der Waals surface area contributed by atoms with Crippen molar-refractivity contribution in [3.05, 3.63) is 59.7 Å². The fraction of sp³-hybridized carbons (Fsp3) is 0.605. The lowest BCUT2D eigenvalue weighted by Gasteiger charge is -2.31. The van der Waals surface area contributed by atoms with E-state index in [-0.39, 0.29) is 198 Å². The number of carboxylic acids is 1. The third-order valence-corrected chi connectivity index (χ3v) is 23.6. The number of guanidine groups is 5. The summed E-state index contributed by atoms with van der Waals surface area (Å²) >= 11 is 0. The number of carbonyl (C=O) groups is 15. The van der Waals surface area contributed by atoms with Crippen molar-refractivity contribution in [3.63, 3.8) is 0 Å². The molecular formula is C81H137N33O18S2. The number of ether oxygens (including phenoxy) is 1. The molecule has 0 bridgehead atoms. The highest BCUT2D eigenvalue weighted by molar-refractivity contribution is 8.76. The van der Waals surface area contributed by atoms with Crippen LogP contribution in [0.15, 0.2) is 53.5 Å². The number of primary amides is 1. The molecule has 0 saturated carbocycles. The predicted molar refractivity (Wildman–Crippen MR) is 502 cm³/mol. The maximum atomic E-state index is 15.5. The molecule has 0 spiro atoms. The quantitative estimate of drug-likeness (QED) is 0.0127. The summed E-state index contributed by atoms with van der Waals surface area (Å²) in [4.78, 5) is 226. The predicted octanol–water partition coefficient (Wildman–Crippen LogP) is -8.37. The average Bonchev–Trinajstić information content (AvgIpc) is 1.62. The first-order valence-electron chi connectivity index (χ1n) is 44.1. The molecule has 2 aliphatic rings. The Bertz CT molecular complexity index is 4280. The van der Waals surface area contributed by atoms with Gasteiger partial charge in [0.25, 0.3) is 0 Å². The van der Waals surface area contributed by atoms with E-state index >= 15 is 43.2 Å². The van der Waals surface area contributed by atoms with Gasteiger partial charge in [-0.25, -0.2) is 9.59 Å². The van der Waals surface area contributed by atoms with Crippen LogP contribution in [0, 0.1) is 21.6 Å². The van der Waals surface area contributed by atoms with Gasteiger partial charge in [0, 0.05) is 70.2 Å². The van der Waals surface area contributed by atoms with Crippen LogP contribution >= 0.6 is 21.6 Å². The minimum Gasteiger partial charge on any atom is -0.508 e. The molecular weight excluding hydrogens is 1790 g/mol. The molecule has 2 aromatic carbocycles. The number of phenols is 1. The number of methoxy groups -OCH3 is 1. The van der Waals surface area contributed by atoms with E-state index in [4.69, 9.17) is 83.7 Å². The Morgan fingerprint density at radius 1 is 0.493 bits per heavy atom. The van der Waals surface area contributed by atoms with Gasteiger partial charge in [-0.05, 0) is 184 Å². The van der Waals surface area contributed by atoms with Gasteiger partial charge >= 0.3 is 12.0 Å². The second-order valence-corrected chi connectivity index (χ2v) is 34.5. The molecule has 4 rings (SSSR count). The Morgan fingerprint density at radius 3 is 1.39 bits per heavy atom. The van der Waals surface area contributed by atoms with E-state index in [1.165, 1.54) is 43.2 Å². The first-order chi connectivity index (χ1) is 63.7. The number of benzene rings is 2. The van der Waals surface area contributed by atoms with Gasteiger partial charge < -0.3 is 168 Å². The number of nitrogens with one attached hydrogen (secondary N) is 21. The molecule has 0 radical (unpaired) electrons. The minimum atomic E-state index is -1.84. The number of nitrogens with two attached hydrogens (primary N) is 10. The van der Waals surface area contributed by atoms with Crippen LogP contribution in [-0.4, -0.2) is 296 Å². The number of rotatable bonds is 46. The van der Waals surface area contributed by atoms with Crippen LogP contribution in [0.25, 0.3) is 0 Å². The summed E-state index contributed by atoms with van der Waals surface area (Å²) in [5, 5.41) is 96.4. The number of nitrogens with zero attached hydrogens (tertiary/aromatic N) is 2. The number of fused-ring (bicyclic) bond motifs is 1. The molecule has 0 unspecified atom stereocenters. The number of unbranched alkanes of at least 4 members (excludes halogenated alkanes) is 2. The van der Waals surface area contributed by atoms with E-state index in [0.717, 1.165) is 21.6 Å². The molecule has 2 aliphatic heterocycles. The standard InChI is InChI=1S/C81H137N33O18S2/c1-44(102-64(118)51(17-8-34-97-77(87)88)103-63(117)49(84)14-7-33-96-76(85)86)62(116)112-59-42-133-134-43-60(71(125)109-56(75(129)130)21-12-37-100-80(93)94)113-68(122)54(20-11-38-101-81(95)131)105-66(120)53(19-10-36-99-79(91)92)107-70(124)58(41-46-25-29-48(132-2)30-26-46)111-73(127)61-22-13-39-114(61)74(128)55(16-4-6-32-83)108-67(121)50(15-3-5-31-82)104-65(119)52(18-9-35-98-78(89)90)106-69(123)57(110-72(59)126)40-45-23-27-47(115)28-24-45/h23-30,44,49-61,115H,3-22,31-43,82-84H2,1-2H3,(H,102,118)(H,103,117)(H,104,119)(H,105,120)(H,106,123)(H,107,124)(H,108,121)(H,109,125)(H,110,126)(H,111,127)(H,112,116)(H,113,122)(H,129,130)(H4,85,86,96)(H4,87,88,97)(H4,89,90,98)(H4,91,92,99)(H4,93,94,100)(H3,95,101,131)/t44-,49-,50+,51-,52-,53+,54-,55-,56-,57+,58-,59+,60-,61+/m1/s1. The largest absolute Gasteiger partial charge is 0.508 e. The van der Waals surface area contributed by atoms with Crippen LogP contribution < -0.4 is 152 Å². The number of aliphatic carboxylic acids is 1. The summed E-state index contributed by atoms with van der Waals surface area (Å²) < 4.78 is 5.39. The zero-order chi connectivity index (χ0) is 99.4. The van der Waals surface area contributed by atoms with Crippen LogP contribution in [0.1, 0.15) is 146 Å². The van der Waals surface area contributed by atoms with E-state index in [0.29, 0.717) is 24.2 Å². The molecule has 746 valence electrons. The number of aliphatic imine (C=N–C) groups is 1. The molecule has 2 aromatic rings. The summed E-state index contributed by atoms with van der Waals surface area (Å²) in [6.07, 6.45) is -0.566. The number of hydrogen-bond acceptors (Lipinski definition) is 27. The summed E-state index contributed by atoms with van der Waals surface area (Å²) in [7, 11) is 2.90. The van der Waals surface area contributed by atoms with Crippen LogP contribution in [0.5, 0.6) is 11.5 Å². The van der Waals surface area contributed by atoms with E-state index in [1.54, 1.807) is 24.3 Å². The first-order valence-corrected chi connectivity index (χ1v) is 46.6. The highest BCUT2D eigenvalue weighted by Crippen LogP contribution is 2.26. The minimum absolute atomic E-state index is 0.00349. The third-order valence-electron chi connectivity index (χ3n) is 21.2. The molecule has 0 aliphatic carbocycles. The first kappa shape index (κ1) is 113. The van der Waals surface area contributed by atoms with E-state index in [9.17, 15) is 39.0 Å². The molecule has 53 heteroatoms. The Morgan fingerprint density at radius 2 is 0.918 bits per heavy atom. The number of carboxylic acid groups (broad SMARTS) is 1. The molecule has 2 heterocycles. The van der Waals surface area contributed by atoms with Gasteiger partial charge in [0.15, 0.2) is 29.8 Å². The Hall–Kier alpha value is -13.2. The lowest BCUT2D eigenvalue weighted by molar-refractivity contribution is -0.142. The normalized spacial score (nSPS) is 20.8. The molecule has 134 heavy (non-hydrogen) atoms. The van der Waals surface area contributed by atoms with Gasteiger partial charge in [-0.15, -0.1) is 0 Å². The van der Waals surface area contributed by atoms with Crippen molar-refractivity contribution in [2.75, 3.05) is 77.5 Å². The van der Waals surface area contributed by atoms with Gasteiger partial charge in [0.2, 0.25) is 76.8 Å². The Balaban J connectivity index is 2.08. The maximum absolute atomic E-state index is 15.5. The van der Waals surface area contributed by atoms with E-state index < -0.39 is 215 Å². The van der Waals surface area contributed by atoms with Crippen molar-refractivity contribution in [3.8, 4) is 11.5 Å². The van der Waals surface area contributed by atoms with Gasteiger partial charge in [-0.3, -0.25) is 89.0 Å². The summed E-state index contributed by atoms with van der Waals surface area (Å²) in [5.41, 5.74) is 57.5. The SMILES string of the molecule is COc1ccc(C[C@H]2NC(=O)[C@@H]3CCCN3C(=O)[C@@H](CCCCN)NC(=O)[C@H](CCCCN)NC(=O)[C@@H](CCCNC(=N)N)NC(=O)[C@H](Cc3ccc(O)cc3)NC(=O)[C@@H](NC(=O)[C@@H](C)NC(=O)[C@@H](CCCNC(=N)N)NC(=O)[C@H](N)CCCN=C(N)N)CSSC[C@H](C(=O)N[C@H](CCCNC(=N)N)C(=O)O)NC(=O)[C@@H](CCCNC(N)=O)NC(=O)[C@H](CCCNC(=N)N)NC2=O)cc1. The number of urea groups is 1. The summed E-state index contributed by atoms with van der Waals surface area (Å²) in [6.45, 7) is 1.27. The fourth-order valence-electron chi connectivity index (χ4n) is 13.9. The monoisotopic (exact) mass is 1920 g/mol. The number of aromatic hydroxyl groups is 1. The molecule has 0 aromatic heterocycles. The highest BCUT2D eigenvalue weighted by Gasteiger charge is 2.42. The third kappa shape index (κ3) is 43.9. The van der Waals surface area contributed by atoms with Crippen molar-refractivity contribution in [2.45, 2.75) is 233 Å². The molecule has 14 atom stereocenters. The molecule has 51 nitrogen and oxygen atoms in total. The average molecular weight is 1930 g/mol. The number of phenolic OH excluding ortho intramolecular Hbond substituents is 1. The Labute approximate surface area is 784 Å². The van der Waals surface area contributed by atoms with Gasteiger partial charge in [-0.2, -0.15) is 0 Å². The lowest BCUT2D eigenvalue weighted by Crippen LogP contribution is -2.61. The van der Waals surface area contributed by atoms with Gasteiger partial charge in [-0.1, -0.05) is 45.9 Å². The van der Waals surface area contributed by atoms with Crippen LogP contribution in [0.4, 0.5) is 4.79 Å². The highest BCUT2D eigenvalue weighted by atomic mass is 33.1. The molecule has 43 N–H and O–H groups in total. The van der Waals surface area contributed by atoms with Crippen LogP contribution in [0.2, 0.25) is 0 Å². The Kier molecular flexibility index (Phi) is 51.9. The second kappa shape index (κ2) is 61.5. The van der Waals surface area contributed by atoms with Crippen LogP contribution in [0.3, 0.4) is 0 Å². The van der Waals surface area contributed by atoms with Crippen LogP contribution in [-0.2, 0) is 80.0 Å². The molecule has 2 saturated heterocycles. The molecule has 15 amide bonds. The van der Waals surface area contributed by atoms with Gasteiger partial charge in [0.05, 0.1) is 13.2 Å². The second-order valence-electron chi connectivity index (χ2n) is 31.9. The zero-order valence-corrected chi connectivity index (χ0v) is 77.1. The lowest BCUT2D eigenvalue weighted by atomic mass is 10.0. The van der Waals surface area contributed by atoms with E-state index in [2.05, 4.69) is 95.4 Å². The smallest absolute Gasteiger partial charge is 0.326 e. The van der Waals surface area contributed by atoms with Crippen molar-refractivity contribution < 1.29 is 86.9 Å². The van der Waals surface area contributed by atoms with Crippen molar-refractivity contribution in [1.82, 2.24) is 95.3 Å². The topological polar surface area (TPSA) is 881 Å². The number of carbonyl (C=O) groups excluding carboxylic acids is 14. The van der Waals surface area contributed by atoms with Crippen molar-refractivity contribution >= 4 is 140 Å². The molecule has 2 fully saturated rings. The van der Waals surface area contributed by atoms with E-state index in [1.807, 2.05) is 0 Å². The summed E-state index contributed by atoms with van der Waals surface area (Å²) in [5.74, 6) is -17.3. The van der Waals surface area contributed by atoms with Crippen molar-refractivity contribution in [2.24, 2.45) is 62.3 Å². The summed E-state index contributed by atoms with van der Waals surface area (Å²) in [6, 6.07) is -11.4. The zero-order valence-electron chi connectivity index (χ0n) is 75.4. The number of amides is 15.